The zero-order valence-corrected chi connectivity index (χ0v) is 12.9. The lowest BCUT2D eigenvalue weighted by atomic mass is 10.2. The van der Waals surface area contributed by atoms with E-state index in [-0.39, 0.29) is 6.09 Å². The van der Waals surface area contributed by atoms with E-state index in [0.717, 1.165) is 12.0 Å². The van der Waals surface area contributed by atoms with Crippen molar-refractivity contribution in [3.8, 4) is 0 Å². The second-order valence-electron chi connectivity index (χ2n) is 4.69. The van der Waals surface area contributed by atoms with Gasteiger partial charge in [-0.1, -0.05) is 42.5 Å². The zero-order chi connectivity index (χ0) is 14.9. The zero-order valence-electron chi connectivity index (χ0n) is 12.0. The first-order chi connectivity index (χ1) is 10.3. The van der Waals surface area contributed by atoms with Crippen LogP contribution in [0, 0.1) is 6.92 Å². The van der Waals surface area contributed by atoms with Crippen molar-refractivity contribution in [1.82, 2.24) is 5.32 Å². The van der Waals surface area contributed by atoms with E-state index in [2.05, 4.69) is 35.2 Å². The predicted molar refractivity (Wildman–Crippen MR) is 87.3 cm³/mol. The Labute approximate surface area is 129 Å². The number of carbonyl (C=O) groups excluding carboxylic acids is 1. The Balaban J connectivity index is 1.61. The van der Waals surface area contributed by atoms with E-state index in [9.17, 15) is 4.79 Å². The van der Waals surface area contributed by atoms with Crippen molar-refractivity contribution in [2.75, 3.05) is 6.54 Å². The molecule has 1 heterocycles. The lowest BCUT2D eigenvalue weighted by Gasteiger charge is -2.05. The molecule has 0 atom stereocenters. The number of ether oxygens (including phenoxy) is 1. The molecule has 0 aliphatic carbocycles. The number of aryl methyl sites for hydroxylation is 1. The molecule has 0 aliphatic rings. The van der Waals surface area contributed by atoms with Gasteiger partial charge in [0.05, 0.1) is 0 Å². The monoisotopic (exact) mass is 301 g/mol. The molecule has 0 saturated carbocycles. The molecule has 0 spiro atoms. The first-order valence-electron chi connectivity index (χ1n) is 6.89. The highest BCUT2D eigenvalue weighted by molar-refractivity contribution is 7.08. The Hall–Kier alpha value is -2.07. The number of benzene rings is 1. The number of thiophene rings is 1. The molecule has 0 fully saturated rings. The van der Waals surface area contributed by atoms with Crippen molar-refractivity contribution in [2.24, 2.45) is 0 Å². The molecule has 3 nitrogen and oxygen atoms in total. The van der Waals surface area contributed by atoms with Gasteiger partial charge in [-0.2, -0.15) is 11.3 Å². The maximum Gasteiger partial charge on any atom is 0.407 e. The molecule has 1 aromatic carbocycles. The molecule has 2 rings (SSSR count). The first kappa shape index (κ1) is 15.3. The molecule has 21 heavy (non-hydrogen) atoms. The van der Waals surface area contributed by atoms with Gasteiger partial charge in [0.15, 0.2) is 0 Å². The van der Waals surface area contributed by atoms with E-state index >= 15 is 0 Å². The van der Waals surface area contributed by atoms with Crippen molar-refractivity contribution < 1.29 is 9.53 Å². The molecule has 2 aromatic rings. The molecule has 1 amide bonds. The van der Waals surface area contributed by atoms with Gasteiger partial charge in [0.25, 0.3) is 0 Å². The van der Waals surface area contributed by atoms with E-state index in [0.29, 0.717) is 13.2 Å². The van der Waals surface area contributed by atoms with Gasteiger partial charge in [0, 0.05) is 6.54 Å². The molecule has 1 aromatic heterocycles. The van der Waals surface area contributed by atoms with Gasteiger partial charge in [-0.05, 0) is 40.8 Å². The predicted octanol–water partition coefficient (Wildman–Crippen LogP) is 4.39. The minimum atomic E-state index is -0.376. The molecule has 0 unspecified atom stereocenters. The van der Waals surface area contributed by atoms with Crippen molar-refractivity contribution in [3.63, 3.8) is 0 Å². The fourth-order valence-corrected chi connectivity index (χ4v) is 2.60. The molecule has 0 bridgehead atoms. The van der Waals surface area contributed by atoms with Crippen molar-refractivity contribution in [1.29, 1.82) is 0 Å². The van der Waals surface area contributed by atoms with Gasteiger partial charge < -0.3 is 10.1 Å². The molecule has 0 aliphatic heterocycles. The fraction of sp³-hybridized carbons (Fsp3) is 0.235. The topological polar surface area (TPSA) is 38.3 Å². The third-order valence-corrected chi connectivity index (χ3v) is 3.87. The van der Waals surface area contributed by atoms with E-state index in [1.165, 1.54) is 11.1 Å². The second-order valence-corrected chi connectivity index (χ2v) is 5.43. The number of nitrogens with one attached hydrogen (secondary N) is 1. The summed E-state index contributed by atoms with van der Waals surface area (Å²) in [5.74, 6) is 0. The smallest absolute Gasteiger partial charge is 0.407 e. The van der Waals surface area contributed by atoms with E-state index in [1.807, 2.05) is 30.3 Å². The molecule has 1 N–H and O–H groups in total. The lowest BCUT2D eigenvalue weighted by Crippen LogP contribution is -2.24. The minimum absolute atomic E-state index is 0.302. The second kappa shape index (κ2) is 8.27. The Morgan fingerprint density at radius 2 is 2.10 bits per heavy atom. The Kier molecular flexibility index (Phi) is 6.03. The average Bonchev–Trinajstić information content (AvgIpc) is 2.91. The summed E-state index contributed by atoms with van der Waals surface area (Å²) in [6.07, 6.45) is 4.56. The highest BCUT2D eigenvalue weighted by Gasteiger charge is 2.00. The van der Waals surface area contributed by atoms with Crippen LogP contribution in [-0.2, 0) is 11.3 Å². The van der Waals surface area contributed by atoms with Crippen LogP contribution >= 0.6 is 11.3 Å². The summed E-state index contributed by atoms with van der Waals surface area (Å²) in [5, 5.41) is 6.98. The summed E-state index contributed by atoms with van der Waals surface area (Å²) in [7, 11) is 0. The average molecular weight is 301 g/mol. The largest absolute Gasteiger partial charge is 0.445 e. The molecular formula is C17H19NO2S. The quantitative estimate of drug-likeness (QED) is 0.804. The number of carbonyl (C=O) groups is 1. The van der Waals surface area contributed by atoms with Crippen molar-refractivity contribution in [2.45, 2.75) is 20.0 Å². The summed E-state index contributed by atoms with van der Waals surface area (Å²) in [4.78, 5) is 11.5. The third kappa shape index (κ3) is 5.44. The van der Waals surface area contributed by atoms with Crippen LogP contribution in [0.1, 0.15) is 23.1 Å². The number of hydrogen-bond acceptors (Lipinski definition) is 3. The summed E-state index contributed by atoms with van der Waals surface area (Å²) in [6.45, 7) is 2.97. The minimum Gasteiger partial charge on any atom is -0.445 e. The van der Waals surface area contributed by atoms with Crippen LogP contribution in [0.3, 0.4) is 0 Å². The number of rotatable bonds is 6. The number of hydrogen-bond donors (Lipinski definition) is 1. The molecule has 4 heteroatoms. The van der Waals surface area contributed by atoms with Crippen LogP contribution in [0.5, 0.6) is 0 Å². The maximum atomic E-state index is 11.5. The highest BCUT2D eigenvalue weighted by Crippen LogP contribution is 2.15. The third-order valence-electron chi connectivity index (χ3n) is 2.99. The summed E-state index contributed by atoms with van der Waals surface area (Å²) in [6, 6.07) is 9.64. The van der Waals surface area contributed by atoms with Gasteiger partial charge in [-0.15, -0.1) is 0 Å². The van der Waals surface area contributed by atoms with Crippen LogP contribution < -0.4 is 5.32 Å². The lowest BCUT2D eigenvalue weighted by molar-refractivity contribution is 0.140. The number of alkyl carbamates (subject to hydrolysis) is 1. The molecule has 110 valence electrons. The van der Waals surface area contributed by atoms with Crippen LogP contribution in [0.25, 0.3) is 6.08 Å². The van der Waals surface area contributed by atoms with Crippen molar-refractivity contribution >= 4 is 23.5 Å². The van der Waals surface area contributed by atoms with E-state index in [1.54, 1.807) is 11.3 Å². The highest BCUT2D eigenvalue weighted by atomic mass is 32.1. The van der Waals surface area contributed by atoms with Crippen LogP contribution in [0.4, 0.5) is 4.79 Å². The standard InChI is InChI=1S/C17H19NO2S/c1-14-12-21-13-16(14)9-5-6-10-18-17(19)20-11-15-7-3-2-4-8-15/h2-5,7-9,12-13H,6,10-11H2,1H3,(H,18,19). The van der Waals surface area contributed by atoms with Gasteiger partial charge >= 0.3 is 6.09 Å². The molecular weight excluding hydrogens is 282 g/mol. The Bertz CT molecular complexity index is 590. The van der Waals surface area contributed by atoms with Crippen LogP contribution in [0.2, 0.25) is 0 Å². The van der Waals surface area contributed by atoms with Gasteiger partial charge in [-0.3, -0.25) is 0 Å². The summed E-state index contributed by atoms with van der Waals surface area (Å²) >= 11 is 1.70. The fourth-order valence-electron chi connectivity index (χ4n) is 1.78. The van der Waals surface area contributed by atoms with Gasteiger partial charge in [0.1, 0.15) is 6.61 Å². The van der Waals surface area contributed by atoms with Gasteiger partial charge in [0.2, 0.25) is 0 Å². The Morgan fingerprint density at radius 1 is 1.29 bits per heavy atom. The normalized spacial score (nSPS) is 10.7. The van der Waals surface area contributed by atoms with E-state index in [4.69, 9.17) is 4.74 Å². The first-order valence-corrected chi connectivity index (χ1v) is 7.84. The summed E-state index contributed by atoms with van der Waals surface area (Å²) < 4.78 is 5.13. The maximum absolute atomic E-state index is 11.5. The van der Waals surface area contributed by atoms with Crippen LogP contribution in [-0.4, -0.2) is 12.6 Å². The van der Waals surface area contributed by atoms with E-state index < -0.39 is 0 Å². The molecule has 0 saturated heterocycles. The van der Waals surface area contributed by atoms with Gasteiger partial charge in [-0.25, -0.2) is 4.79 Å². The Morgan fingerprint density at radius 3 is 2.81 bits per heavy atom. The van der Waals surface area contributed by atoms with Crippen molar-refractivity contribution in [3.05, 3.63) is 63.9 Å². The molecule has 0 radical (unpaired) electrons. The van der Waals surface area contributed by atoms with Crippen LogP contribution in [0.15, 0.2) is 47.2 Å². The number of amides is 1. The SMILES string of the molecule is Cc1cscc1C=CCCNC(=O)OCc1ccccc1. The summed E-state index contributed by atoms with van der Waals surface area (Å²) in [5.41, 5.74) is 3.51.